The largest absolute Gasteiger partial charge is 0.573 e. The maximum atomic E-state index is 12.2. The van der Waals surface area contributed by atoms with Crippen molar-refractivity contribution < 1.29 is 32.6 Å². The van der Waals surface area contributed by atoms with Crippen LogP contribution in [-0.4, -0.2) is 36.3 Å². The van der Waals surface area contributed by atoms with Crippen LogP contribution in [0.25, 0.3) is 0 Å². The summed E-state index contributed by atoms with van der Waals surface area (Å²) < 4.78 is 40.3. The quantitative estimate of drug-likeness (QED) is 0.658. The van der Waals surface area contributed by atoms with Crippen LogP contribution in [0.3, 0.4) is 0 Å². The molecule has 132 valence electrons. The maximum absolute atomic E-state index is 12.2. The smallest absolute Gasteiger partial charge is 0.404 e. The van der Waals surface area contributed by atoms with Crippen molar-refractivity contribution in [1.29, 1.82) is 0 Å². The number of carbonyl (C=O) groups excluding carboxylic acids is 2. The summed E-state index contributed by atoms with van der Waals surface area (Å²) in [5, 5.41) is 6.62. The van der Waals surface area contributed by atoms with Gasteiger partial charge in [0.25, 0.3) is 0 Å². The highest BCUT2D eigenvalue weighted by Gasteiger charge is 2.34. The van der Waals surface area contributed by atoms with Crippen molar-refractivity contribution in [3.8, 4) is 18.1 Å². The Balaban J connectivity index is 0.00000254. The third kappa shape index (κ3) is 5.76. The van der Waals surface area contributed by atoms with Crippen molar-refractivity contribution in [3.05, 3.63) is 23.2 Å². The number of aliphatic hydroxyl groups is 1. The second kappa shape index (κ2) is 8.57. The van der Waals surface area contributed by atoms with Crippen molar-refractivity contribution in [3.63, 3.8) is 0 Å². The highest BCUT2D eigenvalue weighted by atomic mass is 35.5. The Morgan fingerprint density at radius 3 is 2.29 bits per heavy atom. The molecule has 1 aromatic carbocycles. The number of hydrogen-bond donors (Lipinski definition) is 1. The number of terminal acetylenes is 1. The zero-order valence-corrected chi connectivity index (χ0v) is 13.8. The predicted molar refractivity (Wildman–Crippen MR) is 82.7 cm³/mol. The van der Waals surface area contributed by atoms with Crippen molar-refractivity contribution in [2.24, 2.45) is 0 Å². The Morgan fingerprint density at radius 2 is 1.92 bits per heavy atom. The molecule has 1 aromatic rings. The molecular formula is C15H15ClF3NO4. The van der Waals surface area contributed by atoms with Gasteiger partial charge in [-0.3, -0.25) is 9.69 Å². The summed E-state index contributed by atoms with van der Waals surface area (Å²) in [5.41, 5.74) is -1.24. The summed E-state index contributed by atoms with van der Waals surface area (Å²) >= 11 is 5.72. The van der Waals surface area contributed by atoms with Crippen molar-refractivity contribution >= 4 is 29.5 Å². The molecule has 5 nitrogen and oxygen atoms in total. The predicted octanol–water partition coefficient (Wildman–Crippen LogP) is 2.79. The first-order chi connectivity index (χ1) is 11.0. The normalized spacial score (nSPS) is 10.8. The number of benzene rings is 1. The Labute approximate surface area is 142 Å². The number of ether oxygens (including phenoxy) is 1. The lowest BCUT2D eigenvalue weighted by molar-refractivity contribution is -0.274. The van der Waals surface area contributed by atoms with Crippen LogP contribution in [-0.2, 0) is 9.59 Å². The fourth-order valence-electron chi connectivity index (χ4n) is 1.67. The fraction of sp³-hybridized carbons (Fsp3) is 0.333. The van der Waals surface area contributed by atoms with Crippen LogP contribution in [0, 0.1) is 12.3 Å². The van der Waals surface area contributed by atoms with Gasteiger partial charge in [-0.05, 0) is 38.0 Å². The van der Waals surface area contributed by atoms with E-state index >= 15 is 0 Å². The number of halogens is 4. The molecular weight excluding hydrogens is 351 g/mol. The Kier molecular flexibility index (Phi) is 7.77. The molecule has 0 aliphatic carbocycles. The van der Waals surface area contributed by atoms with Gasteiger partial charge in [0, 0.05) is 12.8 Å². The van der Waals surface area contributed by atoms with Gasteiger partial charge < -0.3 is 14.6 Å². The molecule has 9 heteroatoms. The molecule has 0 atom stereocenters. The van der Waals surface area contributed by atoms with Crippen LogP contribution in [0.5, 0.6) is 5.75 Å². The van der Waals surface area contributed by atoms with Gasteiger partial charge in [0.2, 0.25) is 0 Å². The minimum Gasteiger partial charge on any atom is -0.404 e. The van der Waals surface area contributed by atoms with E-state index in [0.29, 0.717) is 6.29 Å². The maximum Gasteiger partial charge on any atom is 0.573 e. The second-order valence-electron chi connectivity index (χ2n) is 4.72. The van der Waals surface area contributed by atoms with Crippen molar-refractivity contribution in [2.75, 3.05) is 12.0 Å². The van der Waals surface area contributed by atoms with Gasteiger partial charge >= 0.3 is 12.3 Å². The molecule has 0 saturated heterocycles. The van der Waals surface area contributed by atoms with Gasteiger partial charge in [0.05, 0.1) is 10.6 Å². The lowest BCUT2D eigenvalue weighted by Crippen LogP contribution is -2.48. The molecule has 0 unspecified atom stereocenters. The van der Waals surface area contributed by atoms with E-state index in [1.54, 1.807) is 0 Å². The van der Waals surface area contributed by atoms with Gasteiger partial charge in [0.1, 0.15) is 12.0 Å². The molecule has 1 N–H and O–H groups in total. The van der Waals surface area contributed by atoms with Crippen LogP contribution >= 0.6 is 11.6 Å². The van der Waals surface area contributed by atoms with Gasteiger partial charge in [-0.25, -0.2) is 0 Å². The van der Waals surface area contributed by atoms with Crippen LogP contribution < -0.4 is 9.64 Å². The minimum absolute atomic E-state index is 0.0691. The molecule has 0 saturated carbocycles. The molecule has 1 rings (SSSR count). The molecule has 0 heterocycles. The Hall–Kier alpha value is -2.24. The number of nitrogens with zero attached hydrogens (tertiary/aromatic N) is 1. The number of amides is 1. The van der Waals surface area contributed by atoms with Crippen LogP contribution in [0.15, 0.2) is 18.2 Å². The molecule has 0 fully saturated rings. The highest BCUT2D eigenvalue weighted by molar-refractivity contribution is 6.32. The molecule has 1 amide bonds. The van der Waals surface area contributed by atoms with E-state index in [-0.39, 0.29) is 10.7 Å². The zero-order chi connectivity index (χ0) is 19.1. The second-order valence-corrected chi connectivity index (χ2v) is 5.13. The van der Waals surface area contributed by atoms with Gasteiger partial charge in [-0.1, -0.05) is 11.6 Å². The summed E-state index contributed by atoms with van der Waals surface area (Å²) in [6.07, 6.45) is 0.630. The SMILES string of the molecule is C#CC(=O)N(c1ccc(OC(F)(F)F)c(Cl)c1)C(C)(C)C=O.CO. The van der Waals surface area contributed by atoms with Crippen LogP contribution in [0.1, 0.15) is 13.8 Å². The van der Waals surface area contributed by atoms with E-state index in [4.69, 9.17) is 23.1 Å². The number of carbonyl (C=O) groups is 2. The van der Waals surface area contributed by atoms with E-state index in [1.165, 1.54) is 13.8 Å². The van der Waals surface area contributed by atoms with Crippen molar-refractivity contribution in [1.82, 2.24) is 0 Å². The molecule has 0 spiro atoms. The number of aliphatic hydroxyl groups excluding tert-OH is 1. The number of rotatable bonds is 4. The first-order valence-electron chi connectivity index (χ1n) is 6.29. The average Bonchev–Trinajstić information content (AvgIpc) is 2.50. The number of alkyl halides is 3. The summed E-state index contributed by atoms with van der Waals surface area (Å²) in [7, 11) is 1.00. The molecule has 24 heavy (non-hydrogen) atoms. The topological polar surface area (TPSA) is 66.8 Å². The Bertz CT molecular complexity index is 639. The van der Waals surface area contributed by atoms with E-state index in [0.717, 1.165) is 30.2 Å². The monoisotopic (exact) mass is 365 g/mol. The van der Waals surface area contributed by atoms with E-state index in [9.17, 15) is 22.8 Å². The molecule has 0 aliphatic heterocycles. The van der Waals surface area contributed by atoms with Crippen LogP contribution in [0.4, 0.5) is 18.9 Å². The lowest BCUT2D eigenvalue weighted by atomic mass is 10.0. The van der Waals surface area contributed by atoms with Crippen molar-refractivity contribution in [2.45, 2.75) is 25.7 Å². The summed E-state index contributed by atoms with van der Waals surface area (Å²) in [5.74, 6) is 0.385. The van der Waals surface area contributed by atoms with Gasteiger partial charge in [-0.2, -0.15) is 0 Å². The number of hydrogen-bond acceptors (Lipinski definition) is 4. The Morgan fingerprint density at radius 1 is 1.38 bits per heavy atom. The fourth-order valence-corrected chi connectivity index (χ4v) is 1.88. The van der Waals surface area contributed by atoms with Crippen LogP contribution in [0.2, 0.25) is 5.02 Å². The van der Waals surface area contributed by atoms with E-state index in [2.05, 4.69) is 4.74 Å². The molecule has 0 radical (unpaired) electrons. The summed E-state index contributed by atoms with van der Waals surface area (Å²) in [6, 6.07) is 3.14. The first-order valence-corrected chi connectivity index (χ1v) is 6.67. The zero-order valence-electron chi connectivity index (χ0n) is 13.0. The molecule has 0 aromatic heterocycles. The lowest BCUT2D eigenvalue weighted by Gasteiger charge is -2.33. The van der Waals surface area contributed by atoms with Gasteiger partial charge in [-0.15, -0.1) is 19.6 Å². The molecule has 0 bridgehead atoms. The minimum atomic E-state index is -4.90. The number of aldehydes is 1. The summed E-state index contributed by atoms with van der Waals surface area (Å²) in [6.45, 7) is 2.84. The molecule has 0 aliphatic rings. The third-order valence-corrected chi connectivity index (χ3v) is 2.89. The van der Waals surface area contributed by atoms with E-state index in [1.807, 2.05) is 5.92 Å². The van der Waals surface area contributed by atoms with Gasteiger partial charge in [0.15, 0.2) is 0 Å². The average molecular weight is 366 g/mol. The third-order valence-electron chi connectivity index (χ3n) is 2.59. The first kappa shape index (κ1) is 21.8. The highest BCUT2D eigenvalue weighted by Crippen LogP contribution is 2.34. The summed E-state index contributed by atoms with van der Waals surface area (Å²) in [4.78, 5) is 23.9. The number of anilines is 1. The standard InChI is InChI=1S/C14H11ClF3NO3.CH4O/c1-4-12(21)19(13(2,3)8-20)9-5-6-11(10(15)7-9)22-14(16,17)18;1-2/h1,5-8H,2-3H3;2H,1H3. The van der Waals surface area contributed by atoms with E-state index < -0.39 is 23.6 Å².